The molecule has 1 amide bonds. The number of fused-ring (bicyclic) bond motifs is 2. The Bertz CT molecular complexity index is 896. The molecular formula is C19H29N5O2S. The minimum absolute atomic E-state index is 0.0927. The van der Waals surface area contributed by atoms with E-state index >= 15 is 0 Å². The summed E-state index contributed by atoms with van der Waals surface area (Å²) < 4.78 is 3.50. The van der Waals surface area contributed by atoms with E-state index in [0.717, 1.165) is 19.4 Å². The van der Waals surface area contributed by atoms with E-state index in [1.165, 1.54) is 0 Å². The largest absolute Gasteiger partial charge is 0.343 e. The molecule has 0 spiro atoms. The van der Waals surface area contributed by atoms with Crippen molar-refractivity contribution >= 4 is 28.7 Å². The number of unbranched alkanes of at least 4 members (excludes halogenated alkanes) is 1. The molecular weight excluding hydrogens is 362 g/mol. The van der Waals surface area contributed by atoms with Gasteiger partial charge in [-0.2, -0.15) is 5.10 Å². The Labute approximate surface area is 164 Å². The third-order valence-corrected chi connectivity index (χ3v) is 6.03. The van der Waals surface area contributed by atoms with Crippen LogP contribution in [0.4, 0.5) is 0 Å². The number of thioether (sulfide) groups is 1. The number of carbonyl (C=O) groups excluding carboxylic acids is 1. The summed E-state index contributed by atoms with van der Waals surface area (Å²) in [5.74, 6) is 0.816. The predicted octanol–water partition coefficient (Wildman–Crippen LogP) is 3.03. The van der Waals surface area contributed by atoms with E-state index in [0.29, 0.717) is 34.9 Å². The van der Waals surface area contributed by atoms with Crippen LogP contribution in [0.15, 0.2) is 16.1 Å². The first-order valence-corrected chi connectivity index (χ1v) is 10.7. The fourth-order valence-electron chi connectivity index (χ4n) is 3.41. The maximum atomic E-state index is 13.1. The summed E-state index contributed by atoms with van der Waals surface area (Å²) in [7, 11) is 0. The third-order valence-electron chi connectivity index (χ3n) is 4.93. The molecule has 0 saturated carbocycles. The van der Waals surface area contributed by atoms with Crippen LogP contribution in [0.3, 0.4) is 0 Å². The molecule has 2 aromatic heterocycles. The molecule has 0 radical (unpaired) electrons. The van der Waals surface area contributed by atoms with Crippen LogP contribution >= 0.6 is 11.8 Å². The lowest BCUT2D eigenvalue weighted by Crippen LogP contribution is -2.35. The normalized spacial score (nSPS) is 16.7. The van der Waals surface area contributed by atoms with Gasteiger partial charge in [-0.25, -0.2) is 9.67 Å². The highest BCUT2D eigenvalue weighted by molar-refractivity contribution is 7.99. The third kappa shape index (κ3) is 3.77. The van der Waals surface area contributed by atoms with Gasteiger partial charge >= 0.3 is 0 Å². The molecule has 148 valence electrons. The number of carbonyl (C=O) groups is 1. The van der Waals surface area contributed by atoms with Gasteiger partial charge in [0.25, 0.3) is 5.56 Å². The van der Waals surface area contributed by atoms with Crippen LogP contribution in [-0.4, -0.2) is 49.0 Å². The Morgan fingerprint density at radius 2 is 2.11 bits per heavy atom. The van der Waals surface area contributed by atoms with Gasteiger partial charge in [0, 0.05) is 25.3 Å². The first kappa shape index (κ1) is 19.9. The van der Waals surface area contributed by atoms with E-state index < -0.39 is 0 Å². The Morgan fingerprint density at radius 1 is 1.37 bits per heavy atom. The fourth-order valence-corrected chi connectivity index (χ4v) is 4.54. The predicted molar refractivity (Wildman–Crippen MR) is 108 cm³/mol. The van der Waals surface area contributed by atoms with Gasteiger partial charge in [0.05, 0.1) is 17.8 Å². The molecule has 27 heavy (non-hydrogen) atoms. The van der Waals surface area contributed by atoms with Crippen LogP contribution in [0, 0.1) is 0 Å². The molecule has 0 N–H and O–H groups in total. The quantitative estimate of drug-likeness (QED) is 0.708. The van der Waals surface area contributed by atoms with E-state index in [4.69, 9.17) is 4.98 Å². The molecule has 3 rings (SSSR count). The Kier molecular flexibility index (Phi) is 5.65. The smallest absolute Gasteiger partial charge is 0.265 e. The highest BCUT2D eigenvalue weighted by atomic mass is 32.2. The maximum absolute atomic E-state index is 13.1. The second kappa shape index (κ2) is 7.66. The zero-order chi connectivity index (χ0) is 19.8. The van der Waals surface area contributed by atoms with Crippen molar-refractivity contribution in [3.05, 3.63) is 16.6 Å². The van der Waals surface area contributed by atoms with Crippen molar-refractivity contribution in [3.8, 4) is 0 Å². The molecule has 1 atom stereocenters. The van der Waals surface area contributed by atoms with E-state index in [1.54, 1.807) is 27.2 Å². The Morgan fingerprint density at radius 3 is 2.74 bits per heavy atom. The van der Waals surface area contributed by atoms with E-state index in [-0.39, 0.29) is 23.0 Å². The number of amides is 1. The summed E-state index contributed by atoms with van der Waals surface area (Å²) in [6, 6.07) is -0.143. The molecule has 0 saturated heterocycles. The minimum Gasteiger partial charge on any atom is -0.343 e. The lowest BCUT2D eigenvalue weighted by molar-refractivity contribution is -0.131. The summed E-state index contributed by atoms with van der Waals surface area (Å²) >= 11 is 1.55. The average Bonchev–Trinajstić information content (AvgIpc) is 3.20. The highest BCUT2D eigenvalue weighted by Gasteiger charge is 2.31. The molecule has 2 aromatic rings. The minimum atomic E-state index is -0.250. The summed E-state index contributed by atoms with van der Waals surface area (Å²) in [4.78, 5) is 32.4. The molecule has 7 nitrogen and oxygen atoms in total. The molecule has 0 aliphatic carbocycles. The van der Waals surface area contributed by atoms with E-state index in [1.807, 2.05) is 32.6 Å². The lowest BCUT2D eigenvalue weighted by Gasteiger charge is -2.23. The topological polar surface area (TPSA) is 73.0 Å². The lowest BCUT2D eigenvalue weighted by atomic mass is 10.1. The van der Waals surface area contributed by atoms with Crippen molar-refractivity contribution in [2.24, 2.45) is 0 Å². The van der Waals surface area contributed by atoms with Gasteiger partial charge in [-0.15, -0.1) is 0 Å². The van der Waals surface area contributed by atoms with Crippen LogP contribution in [-0.2, 0) is 10.3 Å². The van der Waals surface area contributed by atoms with Crippen molar-refractivity contribution in [2.75, 3.05) is 18.8 Å². The van der Waals surface area contributed by atoms with Crippen LogP contribution in [0.1, 0.15) is 59.9 Å². The molecule has 0 fully saturated rings. The van der Waals surface area contributed by atoms with Gasteiger partial charge in [0.15, 0.2) is 10.8 Å². The van der Waals surface area contributed by atoms with E-state index in [9.17, 15) is 9.59 Å². The van der Waals surface area contributed by atoms with Crippen molar-refractivity contribution in [1.82, 2.24) is 24.2 Å². The van der Waals surface area contributed by atoms with Gasteiger partial charge in [-0.3, -0.25) is 14.2 Å². The number of rotatable bonds is 6. The second-order valence-electron chi connectivity index (χ2n) is 8.03. The van der Waals surface area contributed by atoms with Crippen LogP contribution in [0.5, 0.6) is 0 Å². The zero-order valence-corrected chi connectivity index (χ0v) is 17.7. The molecule has 0 aromatic carbocycles. The zero-order valence-electron chi connectivity index (χ0n) is 16.9. The highest BCUT2D eigenvalue weighted by Crippen LogP contribution is 2.34. The van der Waals surface area contributed by atoms with Crippen LogP contribution < -0.4 is 5.56 Å². The second-order valence-corrected chi connectivity index (χ2v) is 9.02. The van der Waals surface area contributed by atoms with Gasteiger partial charge in [0.1, 0.15) is 5.39 Å². The van der Waals surface area contributed by atoms with Crippen molar-refractivity contribution in [1.29, 1.82) is 0 Å². The van der Waals surface area contributed by atoms with Gasteiger partial charge in [-0.1, -0.05) is 25.1 Å². The Balaban J connectivity index is 1.91. The molecule has 1 aliphatic rings. The summed E-state index contributed by atoms with van der Waals surface area (Å²) in [6.45, 7) is 11.7. The number of hydrogen-bond donors (Lipinski definition) is 0. The van der Waals surface area contributed by atoms with Crippen LogP contribution in [0.25, 0.3) is 11.0 Å². The summed E-state index contributed by atoms with van der Waals surface area (Å²) in [5.41, 5.74) is 0.279. The van der Waals surface area contributed by atoms with Gasteiger partial charge in [-0.05, 0) is 34.1 Å². The summed E-state index contributed by atoms with van der Waals surface area (Å²) in [5, 5.41) is 5.59. The van der Waals surface area contributed by atoms with Gasteiger partial charge < -0.3 is 4.90 Å². The Hall–Kier alpha value is -1.83. The van der Waals surface area contributed by atoms with Crippen LogP contribution in [0.2, 0.25) is 0 Å². The van der Waals surface area contributed by atoms with E-state index in [2.05, 4.69) is 12.0 Å². The number of hydrogen-bond acceptors (Lipinski definition) is 5. The number of nitrogens with zero attached hydrogens (tertiary/aromatic N) is 5. The van der Waals surface area contributed by atoms with Crippen molar-refractivity contribution < 1.29 is 4.79 Å². The molecule has 8 heteroatoms. The summed E-state index contributed by atoms with van der Waals surface area (Å²) in [6.07, 6.45) is 4.01. The average molecular weight is 392 g/mol. The SMILES string of the molecule is CCCCN(CC)C(=O)CC1CSc2nc3c(cnn3C(C)(C)C)c(=O)n21. The molecule has 3 heterocycles. The number of aromatic nitrogens is 4. The van der Waals surface area contributed by atoms with Crippen molar-refractivity contribution in [2.45, 2.75) is 70.6 Å². The molecule has 1 aliphatic heterocycles. The fraction of sp³-hybridized carbons (Fsp3) is 0.684. The maximum Gasteiger partial charge on any atom is 0.265 e. The van der Waals surface area contributed by atoms with Crippen molar-refractivity contribution in [3.63, 3.8) is 0 Å². The standard InChI is InChI=1S/C19H29N5O2S/c1-6-8-9-22(7-2)15(25)10-13-12-27-18-21-16-14(17(26)23(13)18)11-20-24(16)19(3,4)5/h11,13H,6-10,12H2,1-5H3. The molecule has 1 unspecified atom stereocenters. The first-order chi connectivity index (χ1) is 12.8. The molecule has 0 bridgehead atoms. The monoisotopic (exact) mass is 391 g/mol. The van der Waals surface area contributed by atoms with Gasteiger partial charge in [0.2, 0.25) is 5.91 Å². The first-order valence-electron chi connectivity index (χ1n) is 9.69.